The van der Waals surface area contributed by atoms with Gasteiger partial charge in [-0.15, -0.1) is 0 Å². The van der Waals surface area contributed by atoms with Crippen molar-refractivity contribution in [3.05, 3.63) is 52.0 Å². The number of rotatable bonds is 4. The first-order chi connectivity index (χ1) is 9.95. The molecule has 2 aromatic carbocycles. The molecule has 0 atom stereocenters. The molecule has 2 rings (SSSR count). The maximum absolute atomic E-state index is 11.9. The van der Waals surface area contributed by atoms with Crippen LogP contribution < -0.4 is 15.8 Å². The molecular formula is C16H17BrN2O2. The van der Waals surface area contributed by atoms with Crippen LogP contribution in [0.15, 0.2) is 40.9 Å². The van der Waals surface area contributed by atoms with Gasteiger partial charge in [0.15, 0.2) is 6.61 Å². The highest BCUT2D eigenvalue weighted by Crippen LogP contribution is 2.22. The van der Waals surface area contributed by atoms with Crippen LogP contribution in [-0.2, 0) is 4.79 Å². The Morgan fingerprint density at radius 2 is 1.95 bits per heavy atom. The molecule has 0 aromatic heterocycles. The fourth-order valence-electron chi connectivity index (χ4n) is 1.83. The lowest BCUT2D eigenvalue weighted by molar-refractivity contribution is -0.118. The molecule has 1 amide bonds. The molecule has 0 bridgehead atoms. The van der Waals surface area contributed by atoms with Gasteiger partial charge in [0.25, 0.3) is 5.91 Å². The van der Waals surface area contributed by atoms with Crippen LogP contribution >= 0.6 is 15.9 Å². The molecular weight excluding hydrogens is 332 g/mol. The van der Waals surface area contributed by atoms with Crippen molar-refractivity contribution in [2.24, 2.45) is 0 Å². The minimum atomic E-state index is -0.222. The largest absolute Gasteiger partial charge is 0.483 e. The van der Waals surface area contributed by atoms with Crippen molar-refractivity contribution in [2.75, 3.05) is 17.7 Å². The lowest BCUT2D eigenvalue weighted by Gasteiger charge is -2.10. The number of benzene rings is 2. The molecule has 21 heavy (non-hydrogen) atoms. The summed E-state index contributed by atoms with van der Waals surface area (Å²) in [4.78, 5) is 11.9. The van der Waals surface area contributed by atoms with E-state index >= 15 is 0 Å². The van der Waals surface area contributed by atoms with E-state index < -0.39 is 0 Å². The van der Waals surface area contributed by atoms with Crippen molar-refractivity contribution < 1.29 is 9.53 Å². The van der Waals surface area contributed by atoms with Gasteiger partial charge in [-0.3, -0.25) is 4.79 Å². The van der Waals surface area contributed by atoms with Crippen molar-refractivity contribution in [3.8, 4) is 5.75 Å². The summed E-state index contributed by atoms with van der Waals surface area (Å²) in [7, 11) is 0. The van der Waals surface area contributed by atoms with E-state index in [1.54, 1.807) is 6.07 Å². The standard InChI is InChI=1S/C16H17BrN2O2/c1-10-3-5-13(8-14(10)18)19-16(20)9-21-15-6-4-12(17)7-11(15)2/h3-8H,9,18H2,1-2H3,(H,19,20). The number of nitrogen functional groups attached to an aromatic ring is 1. The van der Waals surface area contributed by atoms with E-state index in [0.717, 1.165) is 15.6 Å². The fraction of sp³-hybridized carbons (Fsp3) is 0.188. The normalized spacial score (nSPS) is 10.2. The molecule has 0 aliphatic heterocycles. The smallest absolute Gasteiger partial charge is 0.262 e. The minimum Gasteiger partial charge on any atom is -0.483 e. The van der Waals surface area contributed by atoms with Crippen molar-refractivity contribution >= 4 is 33.2 Å². The van der Waals surface area contributed by atoms with Crippen molar-refractivity contribution in [1.82, 2.24) is 0 Å². The second-order valence-electron chi connectivity index (χ2n) is 4.82. The van der Waals surface area contributed by atoms with E-state index in [1.807, 2.05) is 44.2 Å². The third-order valence-electron chi connectivity index (χ3n) is 3.06. The molecule has 0 aliphatic rings. The lowest BCUT2D eigenvalue weighted by atomic mass is 10.2. The van der Waals surface area contributed by atoms with E-state index in [9.17, 15) is 4.79 Å². The van der Waals surface area contributed by atoms with Gasteiger partial charge in [-0.1, -0.05) is 22.0 Å². The Hall–Kier alpha value is -2.01. The number of halogens is 1. The number of nitrogens with two attached hydrogens (primary N) is 1. The molecule has 0 unspecified atom stereocenters. The maximum Gasteiger partial charge on any atom is 0.262 e. The van der Waals surface area contributed by atoms with Crippen LogP contribution in [0.2, 0.25) is 0 Å². The minimum absolute atomic E-state index is 0.0454. The first-order valence-corrected chi connectivity index (χ1v) is 7.30. The highest BCUT2D eigenvalue weighted by atomic mass is 79.9. The Balaban J connectivity index is 1.94. The molecule has 4 nitrogen and oxygen atoms in total. The topological polar surface area (TPSA) is 64.3 Å². The van der Waals surface area contributed by atoms with Crippen LogP contribution in [0.5, 0.6) is 5.75 Å². The molecule has 0 saturated carbocycles. The zero-order chi connectivity index (χ0) is 15.4. The molecule has 110 valence electrons. The van der Waals surface area contributed by atoms with Crippen molar-refractivity contribution in [3.63, 3.8) is 0 Å². The number of amides is 1. The number of ether oxygens (including phenoxy) is 1. The average molecular weight is 349 g/mol. The molecule has 2 aromatic rings. The summed E-state index contributed by atoms with van der Waals surface area (Å²) in [5.41, 5.74) is 9.08. The maximum atomic E-state index is 11.9. The first kappa shape index (κ1) is 15.4. The summed E-state index contributed by atoms with van der Waals surface area (Å²) in [5.74, 6) is 0.470. The molecule has 0 fully saturated rings. The number of nitrogens with one attached hydrogen (secondary N) is 1. The summed E-state index contributed by atoms with van der Waals surface area (Å²) < 4.78 is 6.49. The monoisotopic (exact) mass is 348 g/mol. The highest BCUT2D eigenvalue weighted by Gasteiger charge is 2.06. The number of anilines is 2. The van der Waals surface area contributed by atoms with Gasteiger partial charge >= 0.3 is 0 Å². The second kappa shape index (κ2) is 6.63. The van der Waals surface area contributed by atoms with Gasteiger partial charge in [-0.25, -0.2) is 0 Å². The molecule has 0 spiro atoms. The second-order valence-corrected chi connectivity index (χ2v) is 5.73. The number of carbonyl (C=O) groups excluding carboxylic acids is 1. The molecule has 0 aliphatic carbocycles. The predicted octanol–water partition coefficient (Wildman–Crippen LogP) is 3.67. The van der Waals surface area contributed by atoms with Gasteiger partial charge in [0.05, 0.1) is 0 Å². The third-order valence-corrected chi connectivity index (χ3v) is 3.55. The van der Waals surface area contributed by atoms with E-state index in [2.05, 4.69) is 21.2 Å². The van der Waals surface area contributed by atoms with Crippen molar-refractivity contribution in [1.29, 1.82) is 0 Å². The Labute approximate surface area is 132 Å². The summed E-state index contributed by atoms with van der Waals surface area (Å²) in [5, 5.41) is 2.76. The molecule has 0 radical (unpaired) electrons. The van der Waals surface area contributed by atoms with Crippen LogP contribution in [0.3, 0.4) is 0 Å². The Morgan fingerprint density at radius 1 is 1.19 bits per heavy atom. The van der Waals surface area contributed by atoms with E-state index in [-0.39, 0.29) is 12.5 Å². The summed E-state index contributed by atoms with van der Waals surface area (Å²) >= 11 is 3.39. The summed E-state index contributed by atoms with van der Waals surface area (Å²) in [6.07, 6.45) is 0. The van der Waals surface area contributed by atoms with Crippen LogP contribution in [-0.4, -0.2) is 12.5 Å². The van der Waals surface area contributed by atoms with Gasteiger partial charge in [0.1, 0.15) is 5.75 Å². The number of aryl methyl sites for hydroxylation is 2. The van der Waals surface area contributed by atoms with Gasteiger partial charge in [0, 0.05) is 15.8 Å². The zero-order valence-corrected chi connectivity index (χ0v) is 13.5. The van der Waals surface area contributed by atoms with E-state index in [1.165, 1.54) is 0 Å². The third kappa shape index (κ3) is 4.23. The van der Waals surface area contributed by atoms with Crippen LogP contribution in [0.1, 0.15) is 11.1 Å². The quantitative estimate of drug-likeness (QED) is 0.828. The van der Waals surface area contributed by atoms with Gasteiger partial charge < -0.3 is 15.8 Å². The highest BCUT2D eigenvalue weighted by molar-refractivity contribution is 9.10. The fourth-order valence-corrected chi connectivity index (χ4v) is 2.31. The molecule has 3 N–H and O–H groups in total. The molecule has 0 heterocycles. The van der Waals surface area contributed by atoms with Crippen molar-refractivity contribution in [2.45, 2.75) is 13.8 Å². The van der Waals surface area contributed by atoms with Gasteiger partial charge in [-0.05, 0) is 55.3 Å². The Bertz CT molecular complexity index is 671. The number of hydrogen-bond donors (Lipinski definition) is 2. The first-order valence-electron chi connectivity index (χ1n) is 6.50. The number of hydrogen-bond acceptors (Lipinski definition) is 3. The van der Waals surface area contributed by atoms with E-state index in [0.29, 0.717) is 17.1 Å². The predicted molar refractivity (Wildman–Crippen MR) is 88.6 cm³/mol. The summed E-state index contributed by atoms with van der Waals surface area (Å²) in [6, 6.07) is 11.1. The van der Waals surface area contributed by atoms with E-state index in [4.69, 9.17) is 10.5 Å². The summed E-state index contributed by atoms with van der Waals surface area (Å²) in [6.45, 7) is 3.80. The lowest BCUT2D eigenvalue weighted by Crippen LogP contribution is -2.20. The van der Waals surface area contributed by atoms with Crippen LogP contribution in [0, 0.1) is 13.8 Å². The molecule has 0 saturated heterocycles. The zero-order valence-electron chi connectivity index (χ0n) is 11.9. The SMILES string of the molecule is Cc1ccc(NC(=O)COc2ccc(Br)cc2C)cc1N. The molecule has 5 heteroatoms. The van der Waals surface area contributed by atoms with Crippen LogP contribution in [0.25, 0.3) is 0 Å². The van der Waals surface area contributed by atoms with Crippen LogP contribution in [0.4, 0.5) is 11.4 Å². The van der Waals surface area contributed by atoms with Gasteiger partial charge in [0.2, 0.25) is 0 Å². The average Bonchev–Trinajstić information content (AvgIpc) is 2.42. The Kier molecular flexibility index (Phi) is 4.85. The Morgan fingerprint density at radius 3 is 2.62 bits per heavy atom. The van der Waals surface area contributed by atoms with Gasteiger partial charge in [-0.2, -0.15) is 0 Å². The number of carbonyl (C=O) groups is 1.